The first-order valence-electron chi connectivity index (χ1n) is 4.91. The molecule has 1 aromatic carbocycles. The third-order valence-electron chi connectivity index (χ3n) is 2.31. The van der Waals surface area contributed by atoms with E-state index in [1.165, 1.54) is 0 Å². The van der Waals surface area contributed by atoms with E-state index in [1.54, 1.807) is 0 Å². The predicted octanol–water partition coefficient (Wildman–Crippen LogP) is 1.89. The van der Waals surface area contributed by atoms with Gasteiger partial charge in [0.2, 0.25) is 0 Å². The van der Waals surface area contributed by atoms with Gasteiger partial charge in [0, 0.05) is 16.7 Å². The Hall–Kier alpha value is -1.07. The number of aryl methyl sites for hydroxylation is 2. The second-order valence-electron chi connectivity index (χ2n) is 3.74. The van der Waals surface area contributed by atoms with E-state index in [-0.39, 0.29) is 6.54 Å². The summed E-state index contributed by atoms with van der Waals surface area (Å²) < 4.78 is 1.01. The number of carbonyl (C=O) groups is 1. The molecular formula is C11H15BrN2O2. The molecule has 0 heterocycles. The lowest BCUT2D eigenvalue weighted by atomic mass is 10.1. The quantitative estimate of drug-likeness (QED) is 0.790. The molecule has 5 heteroatoms. The number of nitrogens with two attached hydrogens (primary N) is 1. The summed E-state index contributed by atoms with van der Waals surface area (Å²) in [5.41, 5.74) is 8.49. The van der Waals surface area contributed by atoms with Gasteiger partial charge in [-0.2, -0.15) is 0 Å². The van der Waals surface area contributed by atoms with Crippen molar-refractivity contribution in [3.63, 3.8) is 0 Å². The number of anilines is 1. The number of carboxylic acid groups (broad SMARTS) is 1. The van der Waals surface area contributed by atoms with Crippen molar-refractivity contribution in [3.8, 4) is 0 Å². The summed E-state index contributed by atoms with van der Waals surface area (Å²) >= 11 is 3.40. The zero-order valence-corrected chi connectivity index (χ0v) is 10.8. The summed E-state index contributed by atoms with van der Waals surface area (Å²) in [5.74, 6) is -1.00. The molecule has 0 saturated carbocycles. The standard InChI is InChI=1S/C11H15BrN2O2/c1-6-3-8(12)4-7(2)10(6)14-5-9(13)11(15)16/h3-4,9,14H,5,13H2,1-2H3,(H,15,16). The number of aliphatic carboxylic acids is 1. The van der Waals surface area contributed by atoms with Crippen LogP contribution in [0.15, 0.2) is 16.6 Å². The summed E-state index contributed by atoms with van der Waals surface area (Å²) in [7, 11) is 0. The van der Waals surface area contributed by atoms with Gasteiger partial charge in [-0.25, -0.2) is 0 Å². The predicted molar refractivity (Wildman–Crippen MR) is 67.7 cm³/mol. The number of hydrogen-bond acceptors (Lipinski definition) is 3. The number of nitrogens with one attached hydrogen (secondary N) is 1. The molecule has 88 valence electrons. The van der Waals surface area contributed by atoms with Gasteiger partial charge in [0.1, 0.15) is 6.04 Å². The minimum absolute atomic E-state index is 0.221. The van der Waals surface area contributed by atoms with E-state index in [4.69, 9.17) is 10.8 Å². The topological polar surface area (TPSA) is 75.3 Å². The SMILES string of the molecule is Cc1cc(Br)cc(C)c1NCC(N)C(=O)O. The molecule has 0 aliphatic carbocycles. The van der Waals surface area contributed by atoms with E-state index in [9.17, 15) is 4.79 Å². The van der Waals surface area contributed by atoms with Gasteiger partial charge in [-0.3, -0.25) is 4.79 Å². The zero-order chi connectivity index (χ0) is 12.3. The van der Waals surface area contributed by atoms with Crippen LogP contribution in [0.2, 0.25) is 0 Å². The normalized spacial score (nSPS) is 12.2. The highest BCUT2D eigenvalue weighted by Gasteiger charge is 2.12. The monoisotopic (exact) mass is 286 g/mol. The number of benzene rings is 1. The van der Waals surface area contributed by atoms with Gasteiger partial charge in [-0.15, -0.1) is 0 Å². The van der Waals surface area contributed by atoms with Crippen LogP contribution >= 0.6 is 15.9 Å². The Morgan fingerprint density at radius 3 is 2.44 bits per heavy atom. The molecule has 1 aromatic rings. The lowest BCUT2D eigenvalue weighted by Gasteiger charge is -2.15. The van der Waals surface area contributed by atoms with E-state index in [0.29, 0.717) is 0 Å². The molecule has 0 aliphatic rings. The lowest BCUT2D eigenvalue weighted by molar-refractivity contribution is -0.138. The average molecular weight is 287 g/mol. The summed E-state index contributed by atoms with van der Waals surface area (Å²) in [6.07, 6.45) is 0. The van der Waals surface area contributed by atoms with Crippen LogP contribution < -0.4 is 11.1 Å². The molecule has 4 N–H and O–H groups in total. The average Bonchev–Trinajstić information content (AvgIpc) is 2.15. The molecule has 1 unspecified atom stereocenters. The van der Waals surface area contributed by atoms with Crippen molar-refractivity contribution in [2.45, 2.75) is 19.9 Å². The Balaban J connectivity index is 2.78. The Kier molecular flexibility index (Phi) is 4.32. The third-order valence-corrected chi connectivity index (χ3v) is 2.77. The second kappa shape index (κ2) is 5.32. The molecule has 0 amide bonds. The Labute approximate surface area is 103 Å². The summed E-state index contributed by atoms with van der Waals surface area (Å²) in [4.78, 5) is 10.6. The molecule has 0 radical (unpaired) electrons. The van der Waals surface area contributed by atoms with Crippen molar-refractivity contribution in [1.82, 2.24) is 0 Å². The van der Waals surface area contributed by atoms with E-state index >= 15 is 0 Å². The first-order valence-corrected chi connectivity index (χ1v) is 5.70. The Morgan fingerprint density at radius 1 is 1.50 bits per heavy atom. The van der Waals surface area contributed by atoms with Crippen molar-refractivity contribution < 1.29 is 9.90 Å². The van der Waals surface area contributed by atoms with Gasteiger partial charge in [0.05, 0.1) is 0 Å². The third kappa shape index (κ3) is 3.21. The van der Waals surface area contributed by atoms with Crippen LogP contribution in [0.1, 0.15) is 11.1 Å². The summed E-state index contributed by atoms with van der Waals surface area (Å²) in [6, 6.07) is 3.06. The largest absolute Gasteiger partial charge is 0.480 e. The van der Waals surface area contributed by atoms with Crippen LogP contribution in [0.25, 0.3) is 0 Å². The van der Waals surface area contributed by atoms with Gasteiger partial charge in [0.25, 0.3) is 0 Å². The van der Waals surface area contributed by atoms with Crippen molar-refractivity contribution in [3.05, 3.63) is 27.7 Å². The maximum atomic E-state index is 10.6. The van der Waals surface area contributed by atoms with Gasteiger partial charge in [-0.05, 0) is 37.1 Å². The molecule has 0 fully saturated rings. The van der Waals surface area contributed by atoms with Gasteiger partial charge >= 0.3 is 5.97 Å². The Morgan fingerprint density at radius 2 is 2.00 bits per heavy atom. The van der Waals surface area contributed by atoms with E-state index in [2.05, 4.69) is 21.2 Å². The van der Waals surface area contributed by atoms with Gasteiger partial charge < -0.3 is 16.2 Å². The fourth-order valence-electron chi connectivity index (χ4n) is 1.49. The van der Waals surface area contributed by atoms with Gasteiger partial charge in [-0.1, -0.05) is 15.9 Å². The van der Waals surface area contributed by atoms with Crippen molar-refractivity contribution in [1.29, 1.82) is 0 Å². The number of carboxylic acids is 1. The molecule has 0 aromatic heterocycles. The molecule has 1 rings (SSSR count). The van der Waals surface area contributed by atoms with Crippen LogP contribution in [0.5, 0.6) is 0 Å². The number of hydrogen-bond donors (Lipinski definition) is 3. The van der Waals surface area contributed by atoms with Gasteiger partial charge in [0.15, 0.2) is 0 Å². The van der Waals surface area contributed by atoms with Crippen LogP contribution in [0, 0.1) is 13.8 Å². The zero-order valence-electron chi connectivity index (χ0n) is 9.25. The maximum absolute atomic E-state index is 10.6. The van der Waals surface area contributed by atoms with Crippen LogP contribution in [-0.4, -0.2) is 23.7 Å². The summed E-state index contributed by atoms with van der Waals surface area (Å²) in [6.45, 7) is 4.15. The minimum Gasteiger partial charge on any atom is -0.480 e. The van der Waals surface area contributed by atoms with Crippen molar-refractivity contribution in [2.24, 2.45) is 5.73 Å². The van der Waals surface area contributed by atoms with Crippen molar-refractivity contribution >= 4 is 27.6 Å². The first kappa shape index (κ1) is 13.0. The highest BCUT2D eigenvalue weighted by molar-refractivity contribution is 9.10. The smallest absolute Gasteiger partial charge is 0.322 e. The number of rotatable bonds is 4. The van der Waals surface area contributed by atoms with E-state index in [1.807, 2.05) is 26.0 Å². The molecule has 0 saturated heterocycles. The molecular weight excluding hydrogens is 272 g/mol. The summed E-state index contributed by atoms with van der Waals surface area (Å²) in [5, 5.41) is 11.7. The van der Waals surface area contributed by atoms with E-state index < -0.39 is 12.0 Å². The fraction of sp³-hybridized carbons (Fsp3) is 0.364. The molecule has 0 bridgehead atoms. The molecule has 1 atom stereocenters. The lowest BCUT2D eigenvalue weighted by Crippen LogP contribution is -2.37. The molecule has 4 nitrogen and oxygen atoms in total. The number of halogens is 1. The molecule has 0 aliphatic heterocycles. The maximum Gasteiger partial charge on any atom is 0.322 e. The molecule has 0 spiro atoms. The highest BCUT2D eigenvalue weighted by Crippen LogP contribution is 2.24. The minimum atomic E-state index is -1.00. The van der Waals surface area contributed by atoms with Crippen LogP contribution in [0.3, 0.4) is 0 Å². The first-order chi connectivity index (χ1) is 7.41. The second-order valence-corrected chi connectivity index (χ2v) is 4.66. The van der Waals surface area contributed by atoms with E-state index in [0.717, 1.165) is 21.3 Å². The molecule has 16 heavy (non-hydrogen) atoms. The fourth-order valence-corrected chi connectivity index (χ4v) is 2.18. The van der Waals surface area contributed by atoms with Crippen LogP contribution in [0.4, 0.5) is 5.69 Å². The highest BCUT2D eigenvalue weighted by atomic mass is 79.9. The van der Waals surface area contributed by atoms with Crippen LogP contribution in [-0.2, 0) is 4.79 Å². The van der Waals surface area contributed by atoms with Crippen molar-refractivity contribution in [2.75, 3.05) is 11.9 Å². The Bertz CT molecular complexity index is 384.